The predicted molar refractivity (Wildman–Crippen MR) is 90.0 cm³/mol. The summed E-state index contributed by atoms with van der Waals surface area (Å²) in [6.45, 7) is 0.315. The van der Waals surface area contributed by atoms with E-state index in [1.54, 1.807) is 0 Å². The zero-order valence-electron chi connectivity index (χ0n) is 11.9. The van der Waals surface area contributed by atoms with Gasteiger partial charge < -0.3 is 10.4 Å². The maximum atomic E-state index is 12.1. The number of rotatable bonds is 4. The molecule has 0 aliphatic heterocycles. The number of hydrogen-bond acceptors (Lipinski definition) is 3. The van der Waals surface area contributed by atoms with Crippen LogP contribution in [0, 0.1) is 11.3 Å². The van der Waals surface area contributed by atoms with Crippen molar-refractivity contribution in [1.29, 1.82) is 5.26 Å². The number of phenolic OH excluding ortho intramolecular Hbond substituents is 1. The fraction of sp³-hybridized carbons (Fsp3) is 0.0588. The van der Waals surface area contributed by atoms with Crippen LogP contribution in [0.3, 0.4) is 0 Å². The van der Waals surface area contributed by atoms with Crippen LogP contribution in [0.15, 0.2) is 48.0 Å². The van der Waals surface area contributed by atoms with Gasteiger partial charge in [0.25, 0.3) is 5.91 Å². The van der Waals surface area contributed by atoms with Gasteiger partial charge in [-0.05, 0) is 29.3 Å². The van der Waals surface area contributed by atoms with E-state index < -0.39 is 5.91 Å². The Morgan fingerprint density at radius 2 is 1.83 bits per heavy atom. The first-order valence-electron chi connectivity index (χ1n) is 6.63. The van der Waals surface area contributed by atoms with Gasteiger partial charge in [-0.3, -0.25) is 4.79 Å². The summed E-state index contributed by atoms with van der Waals surface area (Å²) in [5.74, 6) is -0.741. The maximum Gasteiger partial charge on any atom is 0.262 e. The molecule has 2 aromatic carbocycles. The molecule has 116 valence electrons. The topological polar surface area (TPSA) is 73.1 Å². The fourth-order valence-electron chi connectivity index (χ4n) is 1.86. The molecule has 0 fully saturated rings. The summed E-state index contributed by atoms with van der Waals surface area (Å²) in [5.41, 5.74) is 1.29. The van der Waals surface area contributed by atoms with E-state index in [0.29, 0.717) is 12.1 Å². The van der Waals surface area contributed by atoms with Gasteiger partial charge in [-0.2, -0.15) is 5.26 Å². The van der Waals surface area contributed by atoms with E-state index >= 15 is 0 Å². The van der Waals surface area contributed by atoms with Crippen LogP contribution in [-0.2, 0) is 11.3 Å². The Kier molecular flexibility index (Phi) is 5.64. The molecule has 2 N–H and O–H groups in total. The first-order valence-corrected chi connectivity index (χ1v) is 7.39. The number of benzene rings is 2. The van der Waals surface area contributed by atoms with Crippen LogP contribution in [0.1, 0.15) is 11.1 Å². The number of nitriles is 1. The van der Waals surface area contributed by atoms with Crippen LogP contribution in [0.5, 0.6) is 5.75 Å². The van der Waals surface area contributed by atoms with Crippen molar-refractivity contribution in [1.82, 2.24) is 5.32 Å². The number of nitrogens with one attached hydrogen (secondary N) is 1. The van der Waals surface area contributed by atoms with Gasteiger partial charge in [-0.15, -0.1) is 0 Å². The molecule has 2 rings (SSSR count). The van der Waals surface area contributed by atoms with Gasteiger partial charge in [0, 0.05) is 6.54 Å². The number of carbonyl (C=O) groups excluding carboxylic acids is 1. The molecule has 0 unspecified atom stereocenters. The molecule has 0 atom stereocenters. The van der Waals surface area contributed by atoms with Crippen molar-refractivity contribution in [3.8, 4) is 11.8 Å². The molecule has 0 aliphatic carbocycles. The second-order valence-electron chi connectivity index (χ2n) is 4.67. The summed E-state index contributed by atoms with van der Waals surface area (Å²) in [7, 11) is 0. The van der Waals surface area contributed by atoms with Gasteiger partial charge in [-0.1, -0.05) is 53.5 Å². The van der Waals surface area contributed by atoms with Gasteiger partial charge in [0.05, 0.1) is 10.0 Å². The van der Waals surface area contributed by atoms with Crippen LogP contribution in [0.4, 0.5) is 0 Å². The summed E-state index contributed by atoms with van der Waals surface area (Å²) in [6.07, 6.45) is 1.36. The van der Waals surface area contributed by atoms with E-state index in [-0.39, 0.29) is 21.4 Å². The van der Waals surface area contributed by atoms with Crippen LogP contribution in [0.25, 0.3) is 6.08 Å². The van der Waals surface area contributed by atoms with Gasteiger partial charge in [-0.25, -0.2) is 0 Å². The van der Waals surface area contributed by atoms with Crippen molar-refractivity contribution in [2.45, 2.75) is 6.54 Å². The van der Waals surface area contributed by atoms with E-state index in [2.05, 4.69) is 5.32 Å². The smallest absolute Gasteiger partial charge is 0.262 e. The Bertz CT molecular complexity index is 773. The van der Waals surface area contributed by atoms with Gasteiger partial charge in [0.2, 0.25) is 0 Å². The lowest BCUT2D eigenvalue weighted by Crippen LogP contribution is -2.23. The lowest BCUT2D eigenvalue weighted by atomic mass is 10.1. The number of phenols is 1. The highest BCUT2D eigenvalue weighted by Gasteiger charge is 2.11. The number of carbonyl (C=O) groups is 1. The van der Waals surface area contributed by atoms with E-state index in [1.165, 1.54) is 18.2 Å². The summed E-state index contributed by atoms with van der Waals surface area (Å²) in [5, 5.41) is 21.4. The molecule has 23 heavy (non-hydrogen) atoms. The Labute approximate surface area is 143 Å². The fourth-order valence-corrected chi connectivity index (χ4v) is 2.36. The molecular formula is C17H12Cl2N2O2. The molecule has 0 aliphatic rings. The van der Waals surface area contributed by atoms with Crippen LogP contribution < -0.4 is 5.32 Å². The lowest BCUT2D eigenvalue weighted by molar-refractivity contribution is -0.117. The highest BCUT2D eigenvalue weighted by molar-refractivity contribution is 6.37. The minimum Gasteiger partial charge on any atom is -0.505 e. The summed E-state index contributed by atoms with van der Waals surface area (Å²) in [6, 6.07) is 14.0. The van der Waals surface area contributed by atoms with Crippen LogP contribution in [0.2, 0.25) is 10.0 Å². The third-order valence-corrected chi connectivity index (χ3v) is 3.59. The highest BCUT2D eigenvalue weighted by atomic mass is 35.5. The number of halogens is 2. The molecular weight excluding hydrogens is 335 g/mol. The van der Waals surface area contributed by atoms with Crippen molar-refractivity contribution in [2.24, 2.45) is 0 Å². The predicted octanol–water partition coefficient (Wildman–Crippen LogP) is 3.92. The lowest BCUT2D eigenvalue weighted by Gasteiger charge is -2.05. The van der Waals surface area contributed by atoms with Crippen molar-refractivity contribution in [2.75, 3.05) is 0 Å². The number of amides is 1. The average Bonchev–Trinajstić information content (AvgIpc) is 2.56. The second-order valence-corrected chi connectivity index (χ2v) is 5.49. The Morgan fingerprint density at radius 1 is 1.22 bits per heavy atom. The van der Waals surface area contributed by atoms with E-state index in [1.807, 2.05) is 36.4 Å². The molecule has 0 radical (unpaired) electrons. The largest absolute Gasteiger partial charge is 0.505 e. The van der Waals surface area contributed by atoms with Gasteiger partial charge >= 0.3 is 0 Å². The van der Waals surface area contributed by atoms with Crippen LogP contribution in [-0.4, -0.2) is 11.0 Å². The molecule has 0 aromatic heterocycles. The van der Waals surface area contributed by atoms with Crippen LogP contribution >= 0.6 is 23.2 Å². The molecule has 6 heteroatoms. The highest BCUT2D eigenvalue weighted by Crippen LogP contribution is 2.33. The van der Waals surface area contributed by atoms with Crippen molar-refractivity contribution in [3.63, 3.8) is 0 Å². The zero-order valence-corrected chi connectivity index (χ0v) is 13.4. The van der Waals surface area contributed by atoms with Crippen molar-refractivity contribution < 1.29 is 9.90 Å². The first-order chi connectivity index (χ1) is 11.0. The summed E-state index contributed by atoms with van der Waals surface area (Å²) >= 11 is 11.6. The quantitative estimate of drug-likeness (QED) is 0.650. The standard InChI is InChI=1S/C17H12Cl2N2O2/c18-14-7-12(8-15(19)16(14)22)6-13(9-20)17(23)21-10-11-4-2-1-3-5-11/h1-8,22H,10H2,(H,21,23). The number of nitrogens with zero attached hydrogens (tertiary/aromatic N) is 1. The third-order valence-electron chi connectivity index (χ3n) is 3.01. The molecule has 4 nitrogen and oxygen atoms in total. The Morgan fingerprint density at radius 3 is 2.39 bits per heavy atom. The molecule has 2 aromatic rings. The van der Waals surface area contributed by atoms with Crippen molar-refractivity contribution in [3.05, 3.63) is 69.2 Å². The van der Waals surface area contributed by atoms with E-state index in [0.717, 1.165) is 5.56 Å². The third kappa shape index (κ3) is 4.49. The SMILES string of the molecule is N#CC(=Cc1cc(Cl)c(O)c(Cl)c1)C(=O)NCc1ccccc1. The van der Waals surface area contributed by atoms with Gasteiger partial charge in [0.1, 0.15) is 11.6 Å². The molecule has 0 saturated carbocycles. The molecule has 0 saturated heterocycles. The van der Waals surface area contributed by atoms with Gasteiger partial charge in [0.15, 0.2) is 5.75 Å². The monoisotopic (exact) mass is 346 g/mol. The maximum absolute atomic E-state index is 12.1. The summed E-state index contributed by atoms with van der Waals surface area (Å²) < 4.78 is 0. The normalized spacial score (nSPS) is 10.9. The second kappa shape index (κ2) is 7.68. The minimum absolute atomic E-state index is 0.0470. The van der Waals surface area contributed by atoms with E-state index in [4.69, 9.17) is 28.5 Å². The molecule has 0 bridgehead atoms. The van der Waals surface area contributed by atoms with E-state index in [9.17, 15) is 9.90 Å². The Balaban J connectivity index is 2.15. The molecule has 0 heterocycles. The van der Waals surface area contributed by atoms with Crippen molar-refractivity contribution >= 4 is 35.2 Å². The number of aromatic hydroxyl groups is 1. The molecule has 0 spiro atoms. The minimum atomic E-state index is -0.503. The zero-order chi connectivity index (χ0) is 16.8. The molecule has 1 amide bonds. The first kappa shape index (κ1) is 16.9. The summed E-state index contributed by atoms with van der Waals surface area (Å²) in [4.78, 5) is 12.1. The average molecular weight is 347 g/mol. The Hall–Kier alpha value is -2.48. The number of hydrogen-bond donors (Lipinski definition) is 2.